The zero-order valence-corrected chi connectivity index (χ0v) is 13.0. The Labute approximate surface area is 132 Å². The third-order valence-electron chi connectivity index (χ3n) is 4.19. The van der Waals surface area contributed by atoms with Crippen molar-refractivity contribution in [3.8, 4) is 0 Å². The normalized spacial score (nSPS) is 22.7. The maximum absolute atomic E-state index is 12.2. The van der Waals surface area contributed by atoms with Gasteiger partial charge in [0.2, 0.25) is 5.91 Å². The molecule has 2 amide bonds. The van der Waals surface area contributed by atoms with Crippen LogP contribution in [0.25, 0.3) is 0 Å². The SMILES string of the molecule is O=C(Nc1nc(C2CCOCC2)cs1)C1CCCN1C(=O)O. The van der Waals surface area contributed by atoms with Gasteiger partial charge in [0.05, 0.1) is 5.69 Å². The third-order valence-corrected chi connectivity index (χ3v) is 4.97. The predicted octanol–water partition coefficient (Wildman–Crippen LogP) is 2.12. The van der Waals surface area contributed by atoms with Crippen LogP contribution in [-0.4, -0.2) is 52.8 Å². The van der Waals surface area contributed by atoms with E-state index < -0.39 is 12.1 Å². The molecule has 0 aliphatic carbocycles. The van der Waals surface area contributed by atoms with Gasteiger partial charge >= 0.3 is 6.09 Å². The number of thiazole rings is 1. The van der Waals surface area contributed by atoms with Crippen LogP contribution in [0.4, 0.5) is 9.93 Å². The van der Waals surface area contributed by atoms with Gasteiger partial charge in [0.25, 0.3) is 0 Å². The van der Waals surface area contributed by atoms with E-state index in [1.54, 1.807) is 0 Å². The number of aromatic nitrogens is 1. The fourth-order valence-corrected chi connectivity index (χ4v) is 3.78. The molecule has 7 nitrogen and oxygen atoms in total. The van der Waals surface area contributed by atoms with Crippen LogP contribution < -0.4 is 5.32 Å². The van der Waals surface area contributed by atoms with Gasteiger partial charge in [-0.25, -0.2) is 9.78 Å². The molecule has 1 unspecified atom stereocenters. The summed E-state index contributed by atoms with van der Waals surface area (Å²) in [6, 6.07) is -0.604. The van der Waals surface area contributed by atoms with Gasteiger partial charge in [-0.3, -0.25) is 9.69 Å². The second kappa shape index (κ2) is 6.62. The number of carbonyl (C=O) groups is 2. The first kappa shape index (κ1) is 15.2. The van der Waals surface area contributed by atoms with Crippen molar-refractivity contribution in [3.05, 3.63) is 11.1 Å². The monoisotopic (exact) mass is 325 g/mol. The molecule has 0 bridgehead atoms. The predicted molar refractivity (Wildman–Crippen MR) is 81.3 cm³/mol. The van der Waals surface area contributed by atoms with Crippen LogP contribution >= 0.6 is 11.3 Å². The number of anilines is 1. The largest absolute Gasteiger partial charge is 0.465 e. The van der Waals surface area contributed by atoms with Gasteiger partial charge in [0, 0.05) is 31.1 Å². The molecule has 0 spiro atoms. The van der Waals surface area contributed by atoms with E-state index in [0.29, 0.717) is 24.0 Å². The van der Waals surface area contributed by atoms with E-state index >= 15 is 0 Å². The van der Waals surface area contributed by atoms with Crippen molar-refractivity contribution in [1.29, 1.82) is 0 Å². The molecule has 1 atom stereocenters. The van der Waals surface area contributed by atoms with Crippen LogP contribution in [0.3, 0.4) is 0 Å². The summed E-state index contributed by atoms with van der Waals surface area (Å²) in [6.45, 7) is 1.91. The van der Waals surface area contributed by atoms with Gasteiger partial charge in [0.15, 0.2) is 5.13 Å². The molecular formula is C14H19N3O4S. The van der Waals surface area contributed by atoms with Gasteiger partial charge in [-0.15, -0.1) is 11.3 Å². The highest BCUT2D eigenvalue weighted by atomic mass is 32.1. The minimum atomic E-state index is -1.04. The summed E-state index contributed by atoms with van der Waals surface area (Å²) in [5, 5.41) is 14.4. The molecule has 2 N–H and O–H groups in total. The van der Waals surface area contributed by atoms with Gasteiger partial charge in [-0.2, -0.15) is 0 Å². The number of hydrogen-bond donors (Lipinski definition) is 2. The molecule has 120 valence electrons. The molecule has 2 fully saturated rings. The zero-order valence-electron chi connectivity index (χ0n) is 12.2. The lowest BCUT2D eigenvalue weighted by atomic mass is 9.98. The fraction of sp³-hybridized carbons (Fsp3) is 0.643. The molecule has 0 radical (unpaired) electrons. The number of nitrogens with zero attached hydrogens (tertiary/aromatic N) is 2. The summed E-state index contributed by atoms with van der Waals surface area (Å²) < 4.78 is 5.34. The molecule has 3 rings (SSSR count). The van der Waals surface area contributed by atoms with Crippen molar-refractivity contribution in [1.82, 2.24) is 9.88 Å². The van der Waals surface area contributed by atoms with E-state index in [2.05, 4.69) is 10.3 Å². The van der Waals surface area contributed by atoms with E-state index in [1.807, 2.05) is 5.38 Å². The summed E-state index contributed by atoms with van der Waals surface area (Å²) in [4.78, 5) is 29.0. The average molecular weight is 325 g/mol. The van der Waals surface area contributed by atoms with Crippen molar-refractivity contribution in [2.24, 2.45) is 0 Å². The molecule has 2 aliphatic heterocycles. The third kappa shape index (κ3) is 3.22. The summed E-state index contributed by atoms with van der Waals surface area (Å²) in [5.74, 6) is 0.102. The molecule has 3 heterocycles. The Morgan fingerprint density at radius 1 is 1.36 bits per heavy atom. The van der Waals surface area contributed by atoms with Crippen LogP contribution in [-0.2, 0) is 9.53 Å². The van der Waals surface area contributed by atoms with E-state index in [4.69, 9.17) is 9.84 Å². The van der Waals surface area contributed by atoms with Crippen LogP contribution in [0.1, 0.15) is 37.3 Å². The summed E-state index contributed by atoms with van der Waals surface area (Å²) in [6.07, 6.45) is 2.14. The maximum atomic E-state index is 12.2. The topological polar surface area (TPSA) is 91.8 Å². The summed E-state index contributed by atoms with van der Waals surface area (Å²) in [7, 11) is 0. The summed E-state index contributed by atoms with van der Waals surface area (Å²) in [5.41, 5.74) is 0.991. The number of hydrogen-bond acceptors (Lipinski definition) is 5. The van der Waals surface area contributed by atoms with Gasteiger partial charge < -0.3 is 15.2 Å². The Morgan fingerprint density at radius 3 is 2.86 bits per heavy atom. The Morgan fingerprint density at radius 2 is 2.14 bits per heavy atom. The van der Waals surface area contributed by atoms with Gasteiger partial charge in [0.1, 0.15) is 6.04 Å². The first-order valence-electron chi connectivity index (χ1n) is 7.49. The van der Waals surface area contributed by atoms with Crippen molar-refractivity contribution >= 4 is 28.5 Å². The van der Waals surface area contributed by atoms with E-state index in [1.165, 1.54) is 16.2 Å². The van der Waals surface area contributed by atoms with E-state index in [0.717, 1.165) is 38.2 Å². The lowest BCUT2D eigenvalue weighted by molar-refractivity contribution is -0.119. The number of carbonyl (C=O) groups excluding carboxylic acids is 1. The van der Waals surface area contributed by atoms with Crippen molar-refractivity contribution in [3.63, 3.8) is 0 Å². The number of likely N-dealkylation sites (tertiary alicyclic amines) is 1. The van der Waals surface area contributed by atoms with Crippen molar-refractivity contribution in [2.45, 2.75) is 37.6 Å². The Kier molecular flexibility index (Phi) is 4.58. The molecule has 22 heavy (non-hydrogen) atoms. The average Bonchev–Trinajstić information content (AvgIpc) is 3.17. The molecule has 2 saturated heterocycles. The molecule has 1 aromatic heterocycles. The van der Waals surface area contributed by atoms with Crippen LogP contribution in [0, 0.1) is 0 Å². The van der Waals surface area contributed by atoms with Crippen LogP contribution in [0.2, 0.25) is 0 Å². The van der Waals surface area contributed by atoms with Gasteiger partial charge in [-0.1, -0.05) is 0 Å². The number of ether oxygens (including phenoxy) is 1. The number of nitrogens with one attached hydrogen (secondary N) is 1. The molecule has 0 aromatic carbocycles. The second-order valence-electron chi connectivity index (χ2n) is 5.59. The quantitative estimate of drug-likeness (QED) is 0.888. The highest BCUT2D eigenvalue weighted by molar-refractivity contribution is 7.13. The summed E-state index contributed by atoms with van der Waals surface area (Å²) >= 11 is 1.39. The smallest absolute Gasteiger partial charge is 0.407 e. The second-order valence-corrected chi connectivity index (χ2v) is 6.45. The highest BCUT2D eigenvalue weighted by Gasteiger charge is 2.34. The van der Waals surface area contributed by atoms with Crippen molar-refractivity contribution in [2.75, 3.05) is 25.1 Å². The zero-order chi connectivity index (χ0) is 15.5. The van der Waals surface area contributed by atoms with Crippen LogP contribution in [0.15, 0.2) is 5.38 Å². The Bertz CT molecular complexity index is 556. The van der Waals surface area contributed by atoms with E-state index in [-0.39, 0.29) is 5.91 Å². The molecule has 1 aromatic rings. The minimum Gasteiger partial charge on any atom is -0.465 e. The lowest BCUT2D eigenvalue weighted by Crippen LogP contribution is -2.42. The lowest BCUT2D eigenvalue weighted by Gasteiger charge is -2.20. The van der Waals surface area contributed by atoms with Crippen molar-refractivity contribution < 1.29 is 19.4 Å². The van der Waals surface area contributed by atoms with E-state index in [9.17, 15) is 9.59 Å². The maximum Gasteiger partial charge on any atom is 0.407 e. The number of amides is 2. The molecule has 8 heteroatoms. The Balaban J connectivity index is 1.62. The number of rotatable bonds is 3. The fourth-order valence-electron chi connectivity index (χ4n) is 2.98. The standard InChI is InChI=1S/C14H19N3O4S/c18-12(11-2-1-5-17(11)14(19)20)16-13-15-10(8-22-13)9-3-6-21-7-4-9/h8-9,11H,1-7H2,(H,19,20)(H,15,16,18). The molecule has 2 aliphatic rings. The first-order valence-corrected chi connectivity index (χ1v) is 8.36. The van der Waals surface area contributed by atoms with Crippen LogP contribution in [0.5, 0.6) is 0 Å². The number of carboxylic acid groups (broad SMARTS) is 1. The first-order chi connectivity index (χ1) is 10.6. The highest BCUT2D eigenvalue weighted by Crippen LogP contribution is 2.30. The molecular weight excluding hydrogens is 306 g/mol. The van der Waals surface area contributed by atoms with Gasteiger partial charge in [-0.05, 0) is 25.7 Å². The Hall–Kier alpha value is -1.67. The minimum absolute atomic E-state index is 0.284. The molecule has 0 saturated carbocycles.